The lowest BCUT2D eigenvalue weighted by molar-refractivity contribution is -0.123. The summed E-state index contributed by atoms with van der Waals surface area (Å²) >= 11 is 7.41. The van der Waals surface area contributed by atoms with Gasteiger partial charge in [0.2, 0.25) is 11.8 Å². The third-order valence-corrected chi connectivity index (χ3v) is 4.80. The number of halogens is 1. The highest BCUT2D eigenvalue weighted by Crippen LogP contribution is 2.20. The van der Waals surface area contributed by atoms with Crippen LogP contribution < -0.4 is 10.6 Å². The van der Waals surface area contributed by atoms with Gasteiger partial charge < -0.3 is 10.6 Å². The van der Waals surface area contributed by atoms with E-state index in [9.17, 15) is 9.59 Å². The zero-order valence-electron chi connectivity index (χ0n) is 14.0. The van der Waals surface area contributed by atoms with Gasteiger partial charge in [0, 0.05) is 27.8 Å². The number of nitrogens with one attached hydrogen (secondary N) is 2. The SMILES string of the molecule is CCc1ccccc1NC(=O)CNC(=O)CCSc1ccc(Cl)cc1. The third-order valence-electron chi connectivity index (χ3n) is 3.53. The molecular formula is C19H21ClN2O2S. The van der Waals surface area contributed by atoms with E-state index in [0.29, 0.717) is 17.2 Å². The second-order valence-electron chi connectivity index (χ2n) is 5.39. The van der Waals surface area contributed by atoms with Crippen molar-refractivity contribution >= 4 is 40.9 Å². The average Bonchev–Trinajstić information content (AvgIpc) is 2.62. The van der Waals surface area contributed by atoms with Gasteiger partial charge >= 0.3 is 0 Å². The molecule has 2 aromatic carbocycles. The van der Waals surface area contributed by atoms with Crippen molar-refractivity contribution in [1.82, 2.24) is 5.32 Å². The number of anilines is 1. The number of hydrogen-bond acceptors (Lipinski definition) is 3. The molecule has 0 fully saturated rings. The molecule has 0 saturated carbocycles. The van der Waals surface area contributed by atoms with Gasteiger partial charge in [-0.05, 0) is 42.3 Å². The summed E-state index contributed by atoms with van der Waals surface area (Å²) in [5.41, 5.74) is 1.86. The van der Waals surface area contributed by atoms with Gasteiger partial charge in [-0.15, -0.1) is 11.8 Å². The van der Waals surface area contributed by atoms with Crippen LogP contribution in [0.25, 0.3) is 0 Å². The number of rotatable bonds is 8. The predicted octanol–water partition coefficient (Wildman–Crippen LogP) is 4.14. The molecule has 0 unspecified atom stereocenters. The van der Waals surface area contributed by atoms with Crippen molar-refractivity contribution in [2.24, 2.45) is 0 Å². The van der Waals surface area contributed by atoms with Gasteiger partial charge in [-0.2, -0.15) is 0 Å². The van der Waals surface area contributed by atoms with Crippen molar-refractivity contribution in [3.63, 3.8) is 0 Å². The van der Waals surface area contributed by atoms with E-state index in [4.69, 9.17) is 11.6 Å². The molecule has 25 heavy (non-hydrogen) atoms. The van der Waals surface area contributed by atoms with Crippen LogP contribution in [0.5, 0.6) is 0 Å². The first-order valence-electron chi connectivity index (χ1n) is 8.11. The van der Waals surface area contributed by atoms with Crippen LogP contribution in [0.2, 0.25) is 5.02 Å². The van der Waals surface area contributed by atoms with Crippen LogP contribution >= 0.6 is 23.4 Å². The molecule has 0 radical (unpaired) electrons. The zero-order chi connectivity index (χ0) is 18.1. The number of aryl methyl sites for hydroxylation is 1. The first-order chi connectivity index (χ1) is 12.1. The van der Waals surface area contributed by atoms with E-state index in [1.54, 1.807) is 11.8 Å². The second kappa shape index (κ2) is 10.1. The highest BCUT2D eigenvalue weighted by molar-refractivity contribution is 7.99. The van der Waals surface area contributed by atoms with Crippen LogP contribution in [0.3, 0.4) is 0 Å². The van der Waals surface area contributed by atoms with Crippen LogP contribution in [-0.2, 0) is 16.0 Å². The Morgan fingerprint density at radius 2 is 1.76 bits per heavy atom. The molecule has 0 aromatic heterocycles. The molecule has 0 heterocycles. The van der Waals surface area contributed by atoms with E-state index >= 15 is 0 Å². The minimum absolute atomic E-state index is 0.0253. The number of benzene rings is 2. The molecule has 0 atom stereocenters. The maximum atomic E-state index is 12.0. The van der Waals surface area contributed by atoms with Crippen molar-refractivity contribution in [3.05, 3.63) is 59.1 Å². The summed E-state index contributed by atoms with van der Waals surface area (Å²) in [6.07, 6.45) is 1.19. The average molecular weight is 377 g/mol. The molecule has 0 spiro atoms. The number of para-hydroxylation sites is 1. The van der Waals surface area contributed by atoms with Gasteiger partial charge in [-0.25, -0.2) is 0 Å². The maximum absolute atomic E-state index is 12.0. The largest absolute Gasteiger partial charge is 0.347 e. The Bertz CT molecular complexity index is 720. The van der Waals surface area contributed by atoms with Crippen molar-refractivity contribution in [2.45, 2.75) is 24.7 Å². The summed E-state index contributed by atoms with van der Waals surface area (Å²) in [6, 6.07) is 15.1. The maximum Gasteiger partial charge on any atom is 0.243 e. The Morgan fingerprint density at radius 3 is 2.48 bits per heavy atom. The van der Waals surface area contributed by atoms with Gasteiger partial charge in [0.25, 0.3) is 0 Å². The highest BCUT2D eigenvalue weighted by atomic mass is 35.5. The summed E-state index contributed by atoms with van der Waals surface area (Å²) in [5.74, 6) is 0.285. The number of carbonyl (C=O) groups excluding carboxylic acids is 2. The van der Waals surface area contributed by atoms with Gasteiger partial charge in [-0.3, -0.25) is 9.59 Å². The monoisotopic (exact) mass is 376 g/mol. The van der Waals surface area contributed by atoms with Crippen molar-refractivity contribution < 1.29 is 9.59 Å². The molecular weight excluding hydrogens is 356 g/mol. The lowest BCUT2D eigenvalue weighted by Crippen LogP contribution is -2.33. The zero-order valence-corrected chi connectivity index (χ0v) is 15.6. The molecule has 2 aromatic rings. The van der Waals surface area contributed by atoms with E-state index in [-0.39, 0.29) is 18.4 Å². The molecule has 6 heteroatoms. The van der Waals surface area contributed by atoms with Crippen molar-refractivity contribution in [1.29, 1.82) is 0 Å². The summed E-state index contributed by atoms with van der Waals surface area (Å²) in [6.45, 7) is 2.01. The van der Waals surface area contributed by atoms with Crippen LogP contribution in [0, 0.1) is 0 Å². The van der Waals surface area contributed by atoms with Crippen LogP contribution in [0.4, 0.5) is 5.69 Å². The summed E-state index contributed by atoms with van der Waals surface area (Å²) in [7, 11) is 0. The Hall–Kier alpha value is -1.98. The van der Waals surface area contributed by atoms with Gasteiger partial charge in [0.1, 0.15) is 0 Å². The van der Waals surface area contributed by atoms with Crippen molar-refractivity contribution in [2.75, 3.05) is 17.6 Å². The van der Waals surface area contributed by atoms with Crippen LogP contribution in [-0.4, -0.2) is 24.1 Å². The summed E-state index contributed by atoms with van der Waals surface area (Å²) in [5, 5.41) is 6.18. The fraction of sp³-hybridized carbons (Fsp3) is 0.263. The highest BCUT2D eigenvalue weighted by Gasteiger charge is 2.08. The molecule has 2 amide bonds. The van der Waals surface area contributed by atoms with Gasteiger partial charge in [-0.1, -0.05) is 36.7 Å². The van der Waals surface area contributed by atoms with Gasteiger partial charge in [0.15, 0.2) is 0 Å². The van der Waals surface area contributed by atoms with Gasteiger partial charge in [0.05, 0.1) is 6.54 Å². The quantitative estimate of drug-likeness (QED) is 0.681. The number of thioether (sulfide) groups is 1. The number of carbonyl (C=O) groups is 2. The second-order valence-corrected chi connectivity index (χ2v) is 6.99. The Balaban J connectivity index is 1.68. The molecule has 2 N–H and O–H groups in total. The summed E-state index contributed by atoms with van der Waals surface area (Å²) in [4.78, 5) is 24.9. The minimum Gasteiger partial charge on any atom is -0.347 e. The molecule has 0 aliphatic rings. The minimum atomic E-state index is -0.223. The number of hydrogen-bond donors (Lipinski definition) is 2. The fourth-order valence-corrected chi connectivity index (χ4v) is 3.18. The first-order valence-corrected chi connectivity index (χ1v) is 9.47. The fourth-order valence-electron chi connectivity index (χ4n) is 2.20. The molecule has 2 rings (SSSR count). The number of amides is 2. The smallest absolute Gasteiger partial charge is 0.243 e. The van der Waals surface area contributed by atoms with Crippen LogP contribution in [0.15, 0.2) is 53.4 Å². The first kappa shape index (κ1) is 19.3. The standard InChI is InChI=1S/C19H21ClN2O2S/c1-2-14-5-3-4-6-17(14)22-19(24)13-21-18(23)11-12-25-16-9-7-15(20)8-10-16/h3-10H,2,11-13H2,1H3,(H,21,23)(H,22,24). The van der Waals surface area contributed by atoms with E-state index in [0.717, 1.165) is 22.6 Å². The Kier molecular flexibility index (Phi) is 7.82. The molecule has 0 saturated heterocycles. The third kappa shape index (κ3) is 6.80. The lowest BCUT2D eigenvalue weighted by Gasteiger charge is -2.10. The molecule has 0 aliphatic carbocycles. The topological polar surface area (TPSA) is 58.2 Å². The summed E-state index contributed by atoms with van der Waals surface area (Å²) < 4.78 is 0. The molecule has 132 valence electrons. The molecule has 0 aliphatic heterocycles. The van der Waals surface area contributed by atoms with E-state index in [1.807, 2.05) is 55.5 Å². The van der Waals surface area contributed by atoms with Crippen molar-refractivity contribution in [3.8, 4) is 0 Å². The van der Waals surface area contributed by atoms with Crippen LogP contribution in [0.1, 0.15) is 18.9 Å². The van der Waals surface area contributed by atoms with E-state index in [1.165, 1.54) is 0 Å². The Morgan fingerprint density at radius 1 is 1.04 bits per heavy atom. The Labute approximate surface area is 157 Å². The normalized spacial score (nSPS) is 10.3. The lowest BCUT2D eigenvalue weighted by atomic mass is 10.1. The van der Waals surface area contributed by atoms with E-state index in [2.05, 4.69) is 10.6 Å². The molecule has 0 bridgehead atoms. The van der Waals surface area contributed by atoms with E-state index < -0.39 is 0 Å². The predicted molar refractivity (Wildman–Crippen MR) is 104 cm³/mol. The molecule has 4 nitrogen and oxygen atoms in total.